The van der Waals surface area contributed by atoms with Crippen LogP contribution >= 0.6 is 0 Å². The molecule has 2 aromatic carbocycles. The second-order valence-electron chi connectivity index (χ2n) is 14.1. The summed E-state index contributed by atoms with van der Waals surface area (Å²) in [7, 11) is 0. The lowest BCUT2D eigenvalue weighted by atomic mass is 10.0. The number of carbonyl (C=O) groups is 8. The van der Waals surface area contributed by atoms with Crippen molar-refractivity contribution in [2.75, 3.05) is 18.4 Å². The van der Waals surface area contributed by atoms with Gasteiger partial charge in [-0.3, -0.25) is 39.0 Å². The monoisotopic (exact) mass is 810 g/mol. The zero-order chi connectivity index (χ0) is 43.2. The van der Waals surface area contributed by atoms with Crippen LogP contribution in [0, 0.1) is 16.0 Å². The van der Waals surface area contributed by atoms with Crippen molar-refractivity contribution in [1.29, 1.82) is 0 Å². The molecule has 21 heteroatoms. The molecule has 3 unspecified atom stereocenters. The van der Waals surface area contributed by atoms with Gasteiger partial charge in [-0.05, 0) is 69.4 Å². The van der Waals surface area contributed by atoms with Crippen molar-refractivity contribution in [2.45, 2.75) is 77.8 Å². The number of ether oxygens (including phenoxy) is 3. The third-order valence-corrected chi connectivity index (χ3v) is 7.97. The van der Waals surface area contributed by atoms with Crippen LogP contribution in [0.5, 0.6) is 5.75 Å². The summed E-state index contributed by atoms with van der Waals surface area (Å²) in [5.74, 6) is -4.60. The first-order valence-corrected chi connectivity index (χ1v) is 17.9. The summed E-state index contributed by atoms with van der Waals surface area (Å²) in [6, 6.07) is 6.02. The number of non-ortho nitro benzene ring substituents is 1. The third kappa shape index (κ3) is 14.5. The van der Waals surface area contributed by atoms with Gasteiger partial charge >= 0.3 is 18.3 Å². The number of anilines is 1. The number of nitrogens with two attached hydrogens (primary N) is 1. The predicted octanol–water partition coefficient (Wildman–Crippen LogP) is 2.14. The minimum Gasteiger partial charge on any atom is -0.444 e. The molecule has 1 heterocycles. The molecule has 1 aliphatic rings. The standard InChI is InChI=1S/C37H46N8O13/c1-21(2)30(43-32(49)27(44-28(46)16-17-29(44)47)19-40-35(52)58-37(3,4)5)33(50)42-26(7-6-18-39-34(38)51)31(48)41-23-10-8-22(9-11-23)20-56-36(53)57-25-14-12-24(13-15-25)45(54)55/h8-17,21,26-27,30H,6-7,18-20H2,1-5H3,(H,40,52)(H,41,48)(H,42,50)(H,43,49)(H3,38,39,51). The lowest BCUT2D eigenvalue weighted by Crippen LogP contribution is -2.60. The minimum absolute atomic E-state index is 0.00426. The Morgan fingerprint density at radius 1 is 0.862 bits per heavy atom. The molecule has 1 aliphatic heterocycles. The van der Waals surface area contributed by atoms with E-state index in [9.17, 15) is 48.5 Å². The number of nitro groups is 1. The van der Waals surface area contributed by atoms with Gasteiger partial charge in [0.25, 0.3) is 17.5 Å². The number of imide groups is 1. The van der Waals surface area contributed by atoms with Crippen LogP contribution < -0.4 is 37.1 Å². The maximum absolute atomic E-state index is 13.7. The summed E-state index contributed by atoms with van der Waals surface area (Å²) in [4.78, 5) is 113. The van der Waals surface area contributed by atoms with Gasteiger partial charge in [0.1, 0.15) is 36.1 Å². The van der Waals surface area contributed by atoms with Crippen LogP contribution in [0.25, 0.3) is 0 Å². The van der Waals surface area contributed by atoms with Gasteiger partial charge in [0.15, 0.2) is 0 Å². The number of hydrogen-bond acceptors (Lipinski definition) is 13. The van der Waals surface area contributed by atoms with Crippen molar-refractivity contribution >= 4 is 59.2 Å². The average molecular weight is 811 g/mol. The van der Waals surface area contributed by atoms with E-state index in [-0.39, 0.29) is 37.4 Å². The van der Waals surface area contributed by atoms with Crippen LogP contribution in [-0.4, -0.2) is 94.5 Å². The van der Waals surface area contributed by atoms with Gasteiger partial charge in [-0.1, -0.05) is 26.0 Å². The van der Waals surface area contributed by atoms with Gasteiger partial charge in [0, 0.05) is 36.5 Å². The summed E-state index contributed by atoms with van der Waals surface area (Å²) in [5, 5.41) is 23.4. The van der Waals surface area contributed by atoms with Crippen LogP contribution in [0.4, 0.5) is 25.8 Å². The van der Waals surface area contributed by atoms with Gasteiger partial charge in [0.2, 0.25) is 17.7 Å². The lowest BCUT2D eigenvalue weighted by molar-refractivity contribution is -0.384. The minimum atomic E-state index is -1.58. The Hall–Kier alpha value is -7.06. The summed E-state index contributed by atoms with van der Waals surface area (Å²) < 4.78 is 15.3. The highest BCUT2D eigenvalue weighted by Crippen LogP contribution is 2.19. The number of benzene rings is 2. The molecule has 3 atom stereocenters. The smallest absolute Gasteiger partial charge is 0.444 e. The number of nitrogens with one attached hydrogen (secondary N) is 5. The summed E-state index contributed by atoms with van der Waals surface area (Å²) in [6.07, 6.45) is 0.141. The molecule has 0 fully saturated rings. The normalized spacial score (nSPS) is 13.8. The number of nitro benzene ring substituents is 1. The number of nitrogens with zero attached hydrogens (tertiary/aromatic N) is 2. The number of hydrogen-bond donors (Lipinski definition) is 6. The number of alkyl carbamates (subject to hydrolysis) is 1. The van der Waals surface area contributed by atoms with Gasteiger partial charge < -0.3 is 46.5 Å². The van der Waals surface area contributed by atoms with Gasteiger partial charge in [0.05, 0.1) is 11.5 Å². The highest BCUT2D eigenvalue weighted by atomic mass is 16.7. The van der Waals surface area contributed by atoms with Crippen LogP contribution in [0.1, 0.15) is 53.0 Å². The van der Waals surface area contributed by atoms with E-state index in [0.717, 1.165) is 24.3 Å². The largest absolute Gasteiger partial charge is 0.514 e. The van der Waals surface area contributed by atoms with E-state index in [1.54, 1.807) is 46.8 Å². The van der Waals surface area contributed by atoms with Crippen molar-refractivity contribution < 1.29 is 57.5 Å². The Labute approximate surface area is 332 Å². The topological polar surface area (TPSA) is 297 Å². The predicted molar refractivity (Wildman–Crippen MR) is 204 cm³/mol. The van der Waals surface area contributed by atoms with Crippen LogP contribution in [0.2, 0.25) is 0 Å². The Bertz CT molecular complexity index is 1870. The first kappa shape index (κ1) is 45.3. The summed E-state index contributed by atoms with van der Waals surface area (Å²) in [5.41, 5.74) is 4.87. The fourth-order valence-corrected chi connectivity index (χ4v) is 5.16. The molecule has 0 aliphatic carbocycles. The molecule has 312 valence electrons. The maximum Gasteiger partial charge on any atom is 0.514 e. The number of urea groups is 1. The average Bonchev–Trinajstić information content (AvgIpc) is 3.47. The highest BCUT2D eigenvalue weighted by molar-refractivity contribution is 6.15. The third-order valence-electron chi connectivity index (χ3n) is 7.97. The molecule has 2 aromatic rings. The zero-order valence-corrected chi connectivity index (χ0v) is 32.4. The number of primary amides is 1. The Morgan fingerprint density at radius 3 is 2.03 bits per heavy atom. The molecule has 0 saturated carbocycles. The molecular formula is C37H46N8O13. The molecule has 58 heavy (non-hydrogen) atoms. The van der Waals surface area contributed by atoms with Crippen molar-refractivity contribution in [2.24, 2.45) is 11.7 Å². The maximum atomic E-state index is 13.7. The molecule has 21 nitrogen and oxygen atoms in total. The Kier molecular flexibility index (Phi) is 16.2. The molecule has 8 amide bonds. The van der Waals surface area contributed by atoms with Crippen molar-refractivity contribution in [3.05, 3.63) is 76.4 Å². The molecule has 7 N–H and O–H groups in total. The summed E-state index contributed by atoms with van der Waals surface area (Å²) >= 11 is 0. The van der Waals surface area contributed by atoms with Crippen LogP contribution in [0.3, 0.4) is 0 Å². The van der Waals surface area contributed by atoms with E-state index in [0.29, 0.717) is 16.2 Å². The first-order chi connectivity index (χ1) is 27.2. The fraction of sp³-hybridized carbons (Fsp3) is 0.405. The van der Waals surface area contributed by atoms with E-state index < -0.39 is 88.9 Å². The van der Waals surface area contributed by atoms with E-state index >= 15 is 0 Å². The second kappa shape index (κ2) is 20.7. The SMILES string of the molecule is CC(C)C(NC(=O)C(CNC(=O)OC(C)(C)C)N1C(=O)C=CC1=O)C(=O)NC(CCCNC(N)=O)C(=O)Nc1ccc(COC(=O)Oc2ccc([N+](=O)[O-])cc2)cc1. The number of rotatable bonds is 18. The number of carbonyl (C=O) groups excluding carboxylic acids is 8. The molecule has 3 rings (SSSR count). The Balaban J connectivity index is 1.69. The fourth-order valence-electron chi connectivity index (χ4n) is 5.16. The van der Waals surface area contributed by atoms with Crippen LogP contribution in [-0.2, 0) is 40.1 Å². The Morgan fingerprint density at radius 2 is 1.48 bits per heavy atom. The number of amides is 8. The van der Waals surface area contributed by atoms with E-state index in [1.807, 2.05) is 0 Å². The van der Waals surface area contributed by atoms with E-state index in [1.165, 1.54) is 24.3 Å². The van der Waals surface area contributed by atoms with Gasteiger partial charge in [-0.2, -0.15) is 0 Å². The first-order valence-electron chi connectivity index (χ1n) is 17.9. The molecule has 0 bridgehead atoms. The molecule has 0 saturated heterocycles. The molecule has 0 radical (unpaired) electrons. The van der Waals surface area contributed by atoms with Gasteiger partial charge in [-0.25, -0.2) is 14.4 Å². The van der Waals surface area contributed by atoms with Crippen molar-refractivity contribution in [3.63, 3.8) is 0 Å². The van der Waals surface area contributed by atoms with Crippen molar-refractivity contribution in [3.8, 4) is 5.75 Å². The summed E-state index contributed by atoms with van der Waals surface area (Å²) in [6.45, 7) is 7.38. The van der Waals surface area contributed by atoms with Crippen molar-refractivity contribution in [1.82, 2.24) is 26.2 Å². The second-order valence-corrected chi connectivity index (χ2v) is 14.1. The quantitative estimate of drug-likeness (QED) is 0.0315. The molecule has 0 spiro atoms. The molecule has 0 aromatic heterocycles. The van der Waals surface area contributed by atoms with E-state index in [2.05, 4.69) is 26.6 Å². The van der Waals surface area contributed by atoms with Crippen LogP contribution in [0.15, 0.2) is 60.7 Å². The van der Waals surface area contributed by atoms with Gasteiger partial charge in [-0.15, -0.1) is 0 Å². The lowest BCUT2D eigenvalue weighted by Gasteiger charge is -2.30. The molecular weight excluding hydrogens is 764 g/mol. The zero-order valence-electron chi connectivity index (χ0n) is 32.4. The highest BCUT2D eigenvalue weighted by Gasteiger charge is 2.39. The van der Waals surface area contributed by atoms with E-state index in [4.69, 9.17) is 19.9 Å².